The van der Waals surface area contributed by atoms with Crippen LogP contribution in [0.1, 0.15) is 19.2 Å². The number of hydrogen-bond acceptors (Lipinski definition) is 1. The molecule has 1 aromatic heterocycles. The monoisotopic (exact) mass is 150 g/mol. The molecule has 1 rings (SSSR count). The highest BCUT2D eigenvalue weighted by atomic mass is 15.0. The first kappa shape index (κ1) is 8.05. The zero-order valence-electron chi connectivity index (χ0n) is 7.17. The summed E-state index contributed by atoms with van der Waals surface area (Å²) in [5.41, 5.74) is 1.22. The summed E-state index contributed by atoms with van der Waals surface area (Å²) in [6.07, 6.45) is 4.86. The summed E-state index contributed by atoms with van der Waals surface area (Å²) >= 11 is 0. The number of rotatable bonds is 3. The first-order valence-corrected chi connectivity index (χ1v) is 3.82. The summed E-state index contributed by atoms with van der Waals surface area (Å²) in [7, 11) is 0. The van der Waals surface area contributed by atoms with Crippen molar-refractivity contribution in [3.8, 4) is 0 Å². The predicted octanol–water partition coefficient (Wildman–Crippen LogP) is 2.16. The molecule has 0 aliphatic rings. The number of aryl methyl sites for hydroxylation is 2. The third-order valence-corrected chi connectivity index (χ3v) is 1.70. The lowest BCUT2D eigenvalue weighted by Gasteiger charge is -2.03. The highest BCUT2D eigenvalue weighted by Crippen LogP contribution is 2.01. The molecule has 0 aromatic carbocycles. The minimum atomic E-state index is 1.00. The summed E-state index contributed by atoms with van der Waals surface area (Å²) in [6.45, 7) is 8.91. The number of aromatic nitrogens is 2. The maximum absolute atomic E-state index is 4.13. The van der Waals surface area contributed by atoms with Crippen LogP contribution in [0.15, 0.2) is 24.5 Å². The Balaban J connectivity index is 2.51. The minimum Gasteiger partial charge on any atom is -0.335 e. The van der Waals surface area contributed by atoms with E-state index >= 15 is 0 Å². The fourth-order valence-electron chi connectivity index (χ4n) is 0.951. The molecule has 0 atom stereocenters. The van der Waals surface area contributed by atoms with Gasteiger partial charge in [0.2, 0.25) is 0 Å². The van der Waals surface area contributed by atoms with Gasteiger partial charge < -0.3 is 4.57 Å². The van der Waals surface area contributed by atoms with E-state index in [-0.39, 0.29) is 0 Å². The first-order valence-electron chi connectivity index (χ1n) is 3.82. The van der Waals surface area contributed by atoms with Crippen LogP contribution in [0, 0.1) is 6.92 Å². The second kappa shape index (κ2) is 3.37. The fourth-order valence-corrected chi connectivity index (χ4v) is 0.951. The standard InChI is InChI=1S/C9H14N2/c1-8(2)4-6-11-7-5-10-9(11)3/h5,7H,1,4,6H2,2-3H3. The third kappa shape index (κ3) is 2.22. The fraction of sp³-hybridized carbons (Fsp3) is 0.444. The summed E-state index contributed by atoms with van der Waals surface area (Å²) in [4.78, 5) is 4.13. The Morgan fingerprint density at radius 1 is 1.73 bits per heavy atom. The molecule has 2 heteroatoms. The molecule has 0 bridgehead atoms. The van der Waals surface area contributed by atoms with Crippen molar-refractivity contribution in [2.24, 2.45) is 0 Å². The van der Waals surface area contributed by atoms with E-state index < -0.39 is 0 Å². The van der Waals surface area contributed by atoms with E-state index in [1.807, 2.05) is 26.2 Å². The van der Waals surface area contributed by atoms with Gasteiger partial charge in [0.1, 0.15) is 5.82 Å². The molecule has 11 heavy (non-hydrogen) atoms. The van der Waals surface area contributed by atoms with Crippen molar-refractivity contribution in [1.82, 2.24) is 9.55 Å². The van der Waals surface area contributed by atoms with Crippen molar-refractivity contribution >= 4 is 0 Å². The number of imidazole rings is 1. The van der Waals surface area contributed by atoms with Gasteiger partial charge in [0.15, 0.2) is 0 Å². The van der Waals surface area contributed by atoms with Gasteiger partial charge in [-0.25, -0.2) is 4.98 Å². The van der Waals surface area contributed by atoms with Gasteiger partial charge >= 0.3 is 0 Å². The van der Waals surface area contributed by atoms with Crippen LogP contribution in [0.3, 0.4) is 0 Å². The van der Waals surface area contributed by atoms with E-state index in [0.717, 1.165) is 18.8 Å². The second-order valence-electron chi connectivity index (χ2n) is 2.87. The first-order chi connectivity index (χ1) is 5.20. The van der Waals surface area contributed by atoms with Crippen LogP contribution < -0.4 is 0 Å². The second-order valence-corrected chi connectivity index (χ2v) is 2.87. The quantitative estimate of drug-likeness (QED) is 0.604. The van der Waals surface area contributed by atoms with Crippen molar-refractivity contribution in [3.63, 3.8) is 0 Å². The number of allylic oxidation sites excluding steroid dienone is 1. The molecule has 0 N–H and O–H groups in total. The van der Waals surface area contributed by atoms with Gasteiger partial charge in [0.05, 0.1) is 0 Å². The number of nitrogens with zero attached hydrogens (tertiary/aromatic N) is 2. The van der Waals surface area contributed by atoms with Gasteiger partial charge in [0.25, 0.3) is 0 Å². The van der Waals surface area contributed by atoms with Crippen LogP contribution in [0.2, 0.25) is 0 Å². The van der Waals surface area contributed by atoms with Crippen molar-refractivity contribution in [3.05, 3.63) is 30.4 Å². The van der Waals surface area contributed by atoms with Crippen LogP contribution in [-0.4, -0.2) is 9.55 Å². The molecule has 0 aliphatic carbocycles. The van der Waals surface area contributed by atoms with Crippen LogP contribution in [0.4, 0.5) is 0 Å². The van der Waals surface area contributed by atoms with Crippen LogP contribution in [-0.2, 0) is 6.54 Å². The highest BCUT2D eigenvalue weighted by molar-refractivity contribution is 4.92. The molecular weight excluding hydrogens is 136 g/mol. The Labute approximate surface area is 67.6 Å². The molecule has 0 aliphatic heterocycles. The topological polar surface area (TPSA) is 17.8 Å². The van der Waals surface area contributed by atoms with Crippen LogP contribution in [0.25, 0.3) is 0 Å². The lowest BCUT2D eigenvalue weighted by Crippen LogP contribution is -1.98. The maximum Gasteiger partial charge on any atom is 0.105 e. The Morgan fingerprint density at radius 3 is 2.91 bits per heavy atom. The average Bonchev–Trinajstić information content (AvgIpc) is 2.31. The van der Waals surface area contributed by atoms with Gasteiger partial charge in [-0.15, -0.1) is 6.58 Å². The normalized spacial score (nSPS) is 10.0. The molecule has 1 heterocycles. The van der Waals surface area contributed by atoms with Gasteiger partial charge in [0, 0.05) is 18.9 Å². The minimum absolute atomic E-state index is 1.00. The van der Waals surface area contributed by atoms with Crippen molar-refractivity contribution < 1.29 is 0 Å². The summed E-state index contributed by atoms with van der Waals surface area (Å²) < 4.78 is 2.13. The average molecular weight is 150 g/mol. The molecule has 0 amide bonds. The predicted molar refractivity (Wildman–Crippen MR) is 46.4 cm³/mol. The number of hydrogen-bond donors (Lipinski definition) is 0. The zero-order valence-corrected chi connectivity index (χ0v) is 7.17. The Bertz CT molecular complexity index is 248. The molecule has 0 unspecified atom stereocenters. The van der Waals surface area contributed by atoms with Crippen molar-refractivity contribution in [2.45, 2.75) is 26.8 Å². The van der Waals surface area contributed by atoms with E-state index in [1.165, 1.54) is 5.57 Å². The summed E-state index contributed by atoms with van der Waals surface area (Å²) in [5.74, 6) is 1.08. The molecule has 1 aromatic rings. The lowest BCUT2D eigenvalue weighted by molar-refractivity contribution is 0.670. The van der Waals surface area contributed by atoms with Gasteiger partial charge in [-0.05, 0) is 20.3 Å². The molecule has 60 valence electrons. The van der Waals surface area contributed by atoms with Crippen molar-refractivity contribution in [1.29, 1.82) is 0 Å². The van der Waals surface area contributed by atoms with Gasteiger partial charge in [-0.2, -0.15) is 0 Å². The zero-order chi connectivity index (χ0) is 8.27. The van der Waals surface area contributed by atoms with Crippen LogP contribution >= 0.6 is 0 Å². The molecule has 0 radical (unpaired) electrons. The Kier molecular flexibility index (Phi) is 2.47. The van der Waals surface area contributed by atoms with E-state index in [1.54, 1.807) is 0 Å². The van der Waals surface area contributed by atoms with E-state index in [0.29, 0.717) is 0 Å². The molecule has 0 saturated carbocycles. The molecular formula is C9H14N2. The molecule has 0 fully saturated rings. The molecule has 0 saturated heterocycles. The third-order valence-electron chi connectivity index (χ3n) is 1.70. The van der Waals surface area contributed by atoms with E-state index in [4.69, 9.17) is 0 Å². The SMILES string of the molecule is C=C(C)CCn1ccnc1C. The van der Waals surface area contributed by atoms with E-state index in [2.05, 4.69) is 16.1 Å². The van der Waals surface area contributed by atoms with Crippen LogP contribution in [0.5, 0.6) is 0 Å². The van der Waals surface area contributed by atoms with Gasteiger partial charge in [-0.3, -0.25) is 0 Å². The highest BCUT2D eigenvalue weighted by Gasteiger charge is 1.94. The lowest BCUT2D eigenvalue weighted by atomic mass is 10.2. The Hall–Kier alpha value is -1.05. The maximum atomic E-state index is 4.13. The summed E-state index contributed by atoms with van der Waals surface area (Å²) in [5, 5.41) is 0. The largest absolute Gasteiger partial charge is 0.335 e. The molecule has 0 spiro atoms. The Morgan fingerprint density at radius 2 is 2.45 bits per heavy atom. The summed E-state index contributed by atoms with van der Waals surface area (Å²) in [6, 6.07) is 0. The van der Waals surface area contributed by atoms with Crippen molar-refractivity contribution in [2.75, 3.05) is 0 Å². The van der Waals surface area contributed by atoms with Gasteiger partial charge in [-0.1, -0.05) is 5.57 Å². The smallest absolute Gasteiger partial charge is 0.105 e. The van der Waals surface area contributed by atoms with E-state index in [9.17, 15) is 0 Å². The molecule has 2 nitrogen and oxygen atoms in total.